The number of aromatic amines is 2. The Morgan fingerprint density at radius 2 is 2.00 bits per heavy atom. The molecule has 3 aromatic heterocycles. The van der Waals surface area contributed by atoms with Crippen molar-refractivity contribution in [3.05, 3.63) is 55.8 Å². The summed E-state index contributed by atoms with van der Waals surface area (Å²) >= 11 is 1.62. The molecule has 3 N–H and O–H groups in total. The number of rotatable bonds is 4. The van der Waals surface area contributed by atoms with Gasteiger partial charge in [-0.25, -0.2) is 9.78 Å². The molecule has 4 aromatic rings. The summed E-state index contributed by atoms with van der Waals surface area (Å²) in [6, 6.07) is 5.15. The Morgan fingerprint density at radius 3 is 2.90 bits per heavy atom. The first-order chi connectivity index (χ1) is 14.1. The third-order valence-corrected chi connectivity index (χ3v) is 6.52. The number of aromatic nitrogens is 4. The number of fused-ring (bicyclic) bond motifs is 4. The highest BCUT2D eigenvalue weighted by Gasteiger charge is 2.20. The van der Waals surface area contributed by atoms with E-state index in [1.165, 1.54) is 15.8 Å². The van der Waals surface area contributed by atoms with Crippen molar-refractivity contribution in [2.75, 3.05) is 5.32 Å². The van der Waals surface area contributed by atoms with Crippen LogP contribution in [-0.2, 0) is 24.2 Å². The molecule has 29 heavy (non-hydrogen) atoms. The minimum Gasteiger partial charge on any atom is -0.326 e. The van der Waals surface area contributed by atoms with E-state index < -0.39 is 0 Å². The van der Waals surface area contributed by atoms with Crippen molar-refractivity contribution in [3.63, 3.8) is 0 Å². The smallest absolute Gasteiger partial charge is 0.323 e. The Hall–Kier alpha value is -3.20. The number of nitrogens with zero attached hydrogens (tertiary/aromatic N) is 2. The lowest BCUT2D eigenvalue weighted by Crippen LogP contribution is -2.24. The number of imidazole rings is 1. The zero-order chi connectivity index (χ0) is 20.0. The molecule has 0 fully saturated rings. The van der Waals surface area contributed by atoms with Gasteiger partial charge in [0.1, 0.15) is 4.83 Å². The lowest BCUT2D eigenvalue weighted by atomic mass is 9.97. The summed E-state index contributed by atoms with van der Waals surface area (Å²) in [7, 11) is 0. The predicted octanol–water partition coefficient (Wildman–Crippen LogP) is 2.54. The first kappa shape index (κ1) is 17.9. The normalized spacial score (nSPS) is 13.7. The summed E-state index contributed by atoms with van der Waals surface area (Å²) in [5.41, 5.74) is 2.70. The van der Waals surface area contributed by atoms with Crippen molar-refractivity contribution in [1.82, 2.24) is 19.5 Å². The Morgan fingerprint density at radius 1 is 1.17 bits per heavy atom. The molecule has 0 bridgehead atoms. The molecule has 0 atom stereocenters. The van der Waals surface area contributed by atoms with Gasteiger partial charge in [-0.1, -0.05) is 0 Å². The van der Waals surface area contributed by atoms with Gasteiger partial charge in [0.05, 0.1) is 22.7 Å². The number of H-pyrrole nitrogens is 2. The van der Waals surface area contributed by atoms with Gasteiger partial charge in [-0.15, -0.1) is 11.3 Å². The maximum absolute atomic E-state index is 12.9. The second kappa shape index (κ2) is 7.00. The number of thiophene rings is 1. The molecule has 1 aromatic carbocycles. The number of hydrogen-bond acceptors (Lipinski definition) is 5. The third-order valence-electron chi connectivity index (χ3n) is 5.32. The van der Waals surface area contributed by atoms with E-state index in [1.807, 2.05) is 0 Å². The molecule has 0 saturated heterocycles. The van der Waals surface area contributed by atoms with Gasteiger partial charge >= 0.3 is 5.69 Å². The number of nitrogens with one attached hydrogen (secondary N) is 3. The number of anilines is 1. The van der Waals surface area contributed by atoms with E-state index in [2.05, 4.69) is 20.3 Å². The SMILES string of the molecule is O=C(CCn1cnc2sc3c(c2c1=O)CCCC3)Nc1ccc2[nH]c(=O)[nH]c2c1. The van der Waals surface area contributed by atoms with Crippen LogP contribution >= 0.6 is 11.3 Å². The van der Waals surface area contributed by atoms with Crippen LogP contribution in [0.4, 0.5) is 5.69 Å². The summed E-state index contributed by atoms with van der Waals surface area (Å²) in [6.07, 6.45) is 5.91. The molecule has 0 spiro atoms. The molecule has 1 aliphatic rings. The summed E-state index contributed by atoms with van der Waals surface area (Å²) in [5, 5.41) is 3.54. The largest absolute Gasteiger partial charge is 0.326 e. The van der Waals surface area contributed by atoms with Crippen LogP contribution in [-0.4, -0.2) is 25.4 Å². The molecule has 3 heterocycles. The molecule has 0 saturated carbocycles. The summed E-state index contributed by atoms with van der Waals surface area (Å²) in [4.78, 5) is 48.5. The van der Waals surface area contributed by atoms with Crippen LogP contribution in [0.2, 0.25) is 0 Å². The van der Waals surface area contributed by atoms with Crippen LogP contribution in [0.1, 0.15) is 29.7 Å². The number of amides is 1. The molecule has 5 rings (SSSR count). The van der Waals surface area contributed by atoms with Gasteiger partial charge in [0.2, 0.25) is 5.91 Å². The van der Waals surface area contributed by atoms with Crippen molar-refractivity contribution in [2.45, 2.75) is 38.6 Å². The van der Waals surface area contributed by atoms with E-state index in [0.717, 1.165) is 41.5 Å². The predicted molar refractivity (Wildman–Crippen MR) is 113 cm³/mol. The average Bonchev–Trinajstić information content (AvgIpc) is 3.26. The van der Waals surface area contributed by atoms with Gasteiger partial charge in [-0.05, 0) is 49.4 Å². The van der Waals surface area contributed by atoms with Gasteiger partial charge in [0.15, 0.2) is 0 Å². The first-order valence-electron chi connectivity index (χ1n) is 9.60. The van der Waals surface area contributed by atoms with Gasteiger partial charge in [-0.2, -0.15) is 0 Å². The fraction of sp³-hybridized carbons (Fsp3) is 0.300. The topological polar surface area (TPSA) is 113 Å². The van der Waals surface area contributed by atoms with Crippen LogP contribution in [0.15, 0.2) is 34.1 Å². The monoisotopic (exact) mass is 409 g/mol. The average molecular weight is 409 g/mol. The third kappa shape index (κ3) is 3.27. The highest BCUT2D eigenvalue weighted by molar-refractivity contribution is 7.18. The van der Waals surface area contributed by atoms with Crippen LogP contribution in [0, 0.1) is 0 Å². The van der Waals surface area contributed by atoms with E-state index in [1.54, 1.807) is 29.5 Å². The maximum Gasteiger partial charge on any atom is 0.323 e. The fourth-order valence-corrected chi connectivity index (χ4v) is 5.12. The molecule has 0 radical (unpaired) electrons. The Bertz CT molecular complexity index is 1360. The summed E-state index contributed by atoms with van der Waals surface area (Å²) < 4.78 is 1.52. The standard InChI is InChI=1S/C20H19N5O3S/c26-16(22-11-5-6-13-14(9-11)24-20(28)23-13)7-8-25-10-21-18-17(19(25)27)12-3-1-2-4-15(12)29-18/h5-6,9-10H,1-4,7-8H2,(H,22,26)(H2,23,24,28). The zero-order valence-corrected chi connectivity index (χ0v) is 16.4. The van der Waals surface area contributed by atoms with E-state index >= 15 is 0 Å². The van der Waals surface area contributed by atoms with Crippen molar-refractivity contribution in [3.8, 4) is 0 Å². The lowest BCUT2D eigenvalue weighted by Gasteiger charge is -2.10. The van der Waals surface area contributed by atoms with Gasteiger partial charge in [0, 0.05) is 23.5 Å². The molecular weight excluding hydrogens is 390 g/mol. The van der Waals surface area contributed by atoms with Crippen molar-refractivity contribution in [2.24, 2.45) is 0 Å². The molecule has 1 amide bonds. The minimum atomic E-state index is -0.290. The van der Waals surface area contributed by atoms with Crippen LogP contribution in [0.5, 0.6) is 0 Å². The molecule has 148 valence electrons. The van der Waals surface area contributed by atoms with Crippen molar-refractivity contribution >= 4 is 44.2 Å². The number of carbonyl (C=O) groups excluding carboxylic acids is 1. The minimum absolute atomic E-state index is 0.0616. The fourth-order valence-electron chi connectivity index (χ4n) is 3.90. The second-order valence-electron chi connectivity index (χ2n) is 7.27. The molecule has 9 heteroatoms. The quantitative estimate of drug-likeness (QED) is 0.481. The molecule has 8 nitrogen and oxygen atoms in total. The van der Waals surface area contributed by atoms with E-state index in [-0.39, 0.29) is 30.1 Å². The first-order valence-corrected chi connectivity index (χ1v) is 10.4. The molecular formula is C20H19N5O3S. The van der Waals surface area contributed by atoms with E-state index in [4.69, 9.17) is 0 Å². The number of benzene rings is 1. The van der Waals surface area contributed by atoms with Crippen molar-refractivity contribution in [1.29, 1.82) is 0 Å². The number of hydrogen-bond donors (Lipinski definition) is 3. The van der Waals surface area contributed by atoms with Crippen molar-refractivity contribution < 1.29 is 4.79 Å². The Labute approximate surface area is 168 Å². The summed E-state index contributed by atoms with van der Waals surface area (Å²) in [5.74, 6) is -0.207. The highest BCUT2D eigenvalue weighted by Crippen LogP contribution is 2.33. The zero-order valence-electron chi connectivity index (χ0n) is 15.6. The molecule has 0 unspecified atom stereocenters. The van der Waals surface area contributed by atoms with Gasteiger partial charge < -0.3 is 15.3 Å². The van der Waals surface area contributed by atoms with E-state index in [9.17, 15) is 14.4 Å². The molecule has 1 aliphatic carbocycles. The Kier molecular flexibility index (Phi) is 4.31. The van der Waals surface area contributed by atoms with Crippen LogP contribution in [0.25, 0.3) is 21.3 Å². The molecule has 0 aliphatic heterocycles. The Balaban J connectivity index is 1.33. The van der Waals surface area contributed by atoms with Crippen LogP contribution in [0.3, 0.4) is 0 Å². The lowest BCUT2D eigenvalue weighted by molar-refractivity contribution is -0.116. The van der Waals surface area contributed by atoms with E-state index in [0.29, 0.717) is 16.7 Å². The summed E-state index contributed by atoms with van der Waals surface area (Å²) in [6.45, 7) is 0.265. The second-order valence-corrected chi connectivity index (χ2v) is 8.36. The maximum atomic E-state index is 12.9. The highest BCUT2D eigenvalue weighted by atomic mass is 32.1. The van der Waals surface area contributed by atoms with Gasteiger partial charge in [-0.3, -0.25) is 14.2 Å². The number of aryl methyl sites for hydroxylation is 3. The number of carbonyl (C=O) groups is 1. The van der Waals surface area contributed by atoms with Gasteiger partial charge in [0.25, 0.3) is 5.56 Å². The van der Waals surface area contributed by atoms with Crippen LogP contribution < -0.4 is 16.6 Å².